The maximum Gasteiger partial charge on any atom is 0.338 e. The third kappa shape index (κ3) is 2.22. The molecule has 5 nitrogen and oxygen atoms in total. The maximum atomic E-state index is 13.1. The summed E-state index contributed by atoms with van der Waals surface area (Å²) in [5, 5.41) is 0. The van der Waals surface area contributed by atoms with E-state index in [-0.39, 0.29) is 47.6 Å². The summed E-state index contributed by atoms with van der Waals surface area (Å²) in [6.45, 7) is 0. The number of amides is 2. The van der Waals surface area contributed by atoms with Crippen molar-refractivity contribution in [1.29, 1.82) is 0 Å². The van der Waals surface area contributed by atoms with Crippen LogP contribution >= 0.6 is 0 Å². The van der Waals surface area contributed by atoms with Gasteiger partial charge in [-0.15, -0.1) is 0 Å². The van der Waals surface area contributed by atoms with E-state index in [1.54, 1.807) is 24.3 Å². The van der Waals surface area contributed by atoms with E-state index in [1.165, 1.54) is 4.90 Å². The molecule has 5 heteroatoms. The SMILES string of the molecule is O=C(OC1CCCC1)c1ccc(N2C(=O)[C@@H]3[C@@H]4C=C[C@H]([C@H]5C[C@@H]45)[C@@H]3C2=O)cc1. The van der Waals surface area contributed by atoms with E-state index >= 15 is 0 Å². The summed E-state index contributed by atoms with van der Waals surface area (Å²) in [4.78, 5) is 40.0. The van der Waals surface area contributed by atoms with Gasteiger partial charge in [-0.3, -0.25) is 14.5 Å². The summed E-state index contributed by atoms with van der Waals surface area (Å²) >= 11 is 0. The van der Waals surface area contributed by atoms with Gasteiger partial charge in [0.05, 0.1) is 23.1 Å². The van der Waals surface area contributed by atoms with Crippen LogP contribution in [0.2, 0.25) is 0 Å². The van der Waals surface area contributed by atoms with E-state index in [1.807, 2.05) is 0 Å². The van der Waals surface area contributed by atoms with Crippen LogP contribution in [0.1, 0.15) is 42.5 Å². The molecule has 6 atom stereocenters. The average molecular weight is 377 g/mol. The molecule has 0 aromatic heterocycles. The number of ether oxygens (including phenoxy) is 1. The number of carbonyl (C=O) groups is 3. The molecule has 7 rings (SSSR count). The molecule has 1 aromatic carbocycles. The van der Waals surface area contributed by atoms with Crippen molar-refractivity contribution in [1.82, 2.24) is 0 Å². The number of nitrogens with zero attached hydrogens (tertiary/aromatic N) is 1. The molecule has 1 heterocycles. The summed E-state index contributed by atoms with van der Waals surface area (Å²) in [5.41, 5.74) is 1.03. The molecular formula is C23H23NO4. The normalized spacial score (nSPS) is 37.9. The van der Waals surface area contributed by atoms with Crippen molar-refractivity contribution < 1.29 is 19.1 Å². The molecule has 1 saturated heterocycles. The Bertz CT molecular complexity index is 862. The molecule has 4 fully saturated rings. The first-order valence-corrected chi connectivity index (χ1v) is 10.5. The smallest absolute Gasteiger partial charge is 0.338 e. The van der Waals surface area contributed by atoms with Gasteiger partial charge in [-0.25, -0.2) is 4.79 Å². The number of anilines is 1. The van der Waals surface area contributed by atoms with Gasteiger partial charge in [-0.1, -0.05) is 12.2 Å². The van der Waals surface area contributed by atoms with Crippen molar-refractivity contribution in [3.63, 3.8) is 0 Å². The fourth-order valence-corrected chi connectivity index (χ4v) is 6.18. The number of imide groups is 1. The molecule has 6 aliphatic rings. The molecule has 144 valence electrons. The predicted octanol–water partition coefficient (Wildman–Crippen LogP) is 3.34. The number of hydrogen-bond donors (Lipinski definition) is 0. The molecule has 0 N–H and O–H groups in total. The van der Waals surface area contributed by atoms with Gasteiger partial charge in [0.2, 0.25) is 11.8 Å². The largest absolute Gasteiger partial charge is 0.459 e. The van der Waals surface area contributed by atoms with Crippen molar-refractivity contribution in [3.8, 4) is 0 Å². The van der Waals surface area contributed by atoms with E-state index in [0.717, 1.165) is 32.1 Å². The summed E-state index contributed by atoms with van der Waals surface area (Å²) in [5.74, 6) is 0.789. The molecule has 0 spiro atoms. The Hall–Kier alpha value is -2.43. The first kappa shape index (κ1) is 16.5. The Morgan fingerprint density at radius 2 is 1.46 bits per heavy atom. The van der Waals surface area contributed by atoms with Crippen LogP contribution in [-0.4, -0.2) is 23.9 Å². The molecule has 2 bridgehead atoms. The first-order valence-electron chi connectivity index (χ1n) is 10.5. The standard InChI is InChI=1S/C23H23NO4/c25-21-19-15-9-10-16(18-11-17(15)18)20(19)22(26)24(21)13-7-5-12(6-8-13)23(27)28-14-3-1-2-4-14/h5-10,14-20H,1-4,11H2/t15-,16-,17-,18+,19+,20-/m1/s1. The fourth-order valence-electron chi connectivity index (χ4n) is 6.18. The van der Waals surface area contributed by atoms with Crippen LogP contribution < -0.4 is 4.90 Å². The lowest BCUT2D eigenvalue weighted by molar-refractivity contribution is -0.124. The van der Waals surface area contributed by atoms with Crippen LogP contribution in [0.4, 0.5) is 5.69 Å². The van der Waals surface area contributed by atoms with E-state index in [9.17, 15) is 14.4 Å². The Morgan fingerprint density at radius 1 is 0.893 bits per heavy atom. The summed E-state index contributed by atoms with van der Waals surface area (Å²) in [7, 11) is 0. The van der Waals surface area contributed by atoms with Crippen LogP contribution in [0.25, 0.3) is 0 Å². The van der Waals surface area contributed by atoms with Crippen molar-refractivity contribution in [2.45, 2.75) is 38.2 Å². The van der Waals surface area contributed by atoms with E-state index in [4.69, 9.17) is 4.74 Å². The highest BCUT2D eigenvalue weighted by Gasteiger charge is 2.67. The molecular weight excluding hydrogens is 354 g/mol. The van der Waals surface area contributed by atoms with E-state index in [2.05, 4.69) is 12.2 Å². The molecule has 5 aliphatic carbocycles. The minimum Gasteiger partial charge on any atom is -0.459 e. The lowest BCUT2D eigenvalue weighted by Crippen LogP contribution is -2.40. The van der Waals surface area contributed by atoms with Crippen molar-refractivity contribution in [3.05, 3.63) is 42.0 Å². The zero-order valence-electron chi connectivity index (χ0n) is 15.6. The van der Waals surface area contributed by atoms with Crippen LogP contribution in [0.5, 0.6) is 0 Å². The van der Waals surface area contributed by atoms with Crippen molar-refractivity contribution >= 4 is 23.5 Å². The van der Waals surface area contributed by atoms with E-state index < -0.39 is 0 Å². The zero-order valence-corrected chi connectivity index (χ0v) is 15.6. The van der Waals surface area contributed by atoms with Gasteiger partial charge in [0.25, 0.3) is 0 Å². The number of esters is 1. The minimum absolute atomic E-state index is 0.0199. The topological polar surface area (TPSA) is 63.7 Å². The predicted molar refractivity (Wildman–Crippen MR) is 101 cm³/mol. The summed E-state index contributed by atoms with van der Waals surface area (Å²) < 4.78 is 5.54. The zero-order chi connectivity index (χ0) is 19.0. The highest BCUT2D eigenvalue weighted by Crippen LogP contribution is 2.65. The second-order valence-corrected chi connectivity index (χ2v) is 9.03. The number of benzene rings is 1. The number of allylic oxidation sites excluding steroid dienone is 2. The molecule has 28 heavy (non-hydrogen) atoms. The summed E-state index contributed by atoms with van der Waals surface area (Å²) in [6, 6.07) is 6.74. The highest BCUT2D eigenvalue weighted by atomic mass is 16.5. The van der Waals surface area contributed by atoms with Gasteiger partial charge >= 0.3 is 5.97 Å². The fraction of sp³-hybridized carbons (Fsp3) is 0.522. The van der Waals surface area contributed by atoms with Crippen LogP contribution in [0, 0.1) is 35.5 Å². The quantitative estimate of drug-likeness (QED) is 0.460. The molecule has 3 saturated carbocycles. The van der Waals surface area contributed by atoms with Gasteiger partial charge in [0.1, 0.15) is 6.10 Å². The number of carbonyl (C=O) groups excluding carboxylic acids is 3. The lowest BCUT2D eigenvalue weighted by atomic mass is 9.63. The van der Waals surface area contributed by atoms with Crippen LogP contribution in [-0.2, 0) is 14.3 Å². The number of hydrogen-bond acceptors (Lipinski definition) is 4. The third-order valence-electron chi connectivity index (χ3n) is 7.60. The van der Waals surface area contributed by atoms with Crippen molar-refractivity contribution in [2.75, 3.05) is 4.90 Å². The number of rotatable bonds is 3. The van der Waals surface area contributed by atoms with Gasteiger partial charge < -0.3 is 4.74 Å². The van der Waals surface area contributed by atoms with Gasteiger partial charge in [0, 0.05) is 0 Å². The average Bonchev–Trinajstić information content (AvgIpc) is 3.32. The molecule has 1 aliphatic heterocycles. The molecule has 0 radical (unpaired) electrons. The van der Waals surface area contributed by atoms with Gasteiger partial charge in [-0.2, -0.15) is 0 Å². The van der Waals surface area contributed by atoms with E-state index in [0.29, 0.717) is 23.1 Å². The minimum atomic E-state index is -0.325. The second-order valence-electron chi connectivity index (χ2n) is 9.03. The molecule has 1 aromatic rings. The van der Waals surface area contributed by atoms with Crippen LogP contribution in [0.3, 0.4) is 0 Å². The first-order chi connectivity index (χ1) is 13.6. The van der Waals surface area contributed by atoms with Gasteiger partial charge in [-0.05, 0) is 80.0 Å². The molecule has 2 amide bonds. The summed E-state index contributed by atoms with van der Waals surface area (Å²) in [6.07, 6.45) is 9.62. The van der Waals surface area contributed by atoms with Crippen LogP contribution in [0.15, 0.2) is 36.4 Å². The monoisotopic (exact) mass is 377 g/mol. The Morgan fingerprint density at radius 3 is 2.04 bits per heavy atom. The molecule has 0 unspecified atom stereocenters. The second kappa shape index (κ2) is 5.79. The lowest BCUT2D eigenvalue weighted by Gasteiger charge is -2.37. The maximum absolute atomic E-state index is 13.1. The third-order valence-corrected chi connectivity index (χ3v) is 7.60. The Balaban J connectivity index is 1.23. The Labute approximate surface area is 163 Å². The van der Waals surface area contributed by atoms with Crippen molar-refractivity contribution in [2.24, 2.45) is 35.5 Å². The Kier molecular flexibility index (Phi) is 3.41. The van der Waals surface area contributed by atoms with Gasteiger partial charge in [0.15, 0.2) is 0 Å². The highest BCUT2D eigenvalue weighted by molar-refractivity contribution is 6.22.